The zero-order valence-corrected chi connectivity index (χ0v) is 7.89. The van der Waals surface area contributed by atoms with E-state index in [0.29, 0.717) is 12.3 Å². The summed E-state index contributed by atoms with van der Waals surface area (Å²) in [6.45, 7) is 1.83. The van der Waals surface area contributed by atoms with Gasteiger partial charge in [-0.1, -0.05) is 6.92 Å². The molecule has 1 heterocycles. The van der Waals surface area contributed by atoms with E-state index in [9.17, 15) is 8.42 Å². The van der Waals surface area contributed by atoms with Crippen LogP contribution in [0.25, 0.3) is 0 Å². The van der Waals surface area contributed by atoms with Crippen molar-refractivity contribution in [3.8, 4) is 0 Å². The molecule has 0 radical (unpaired) electrons. The number of aryl methyl sites for hydroxylation is 1. The van der Waals surface area contributed by atoms with Gasteiger partial charge in [0.2, 0.25) is 20.8 Å². The van der Waals surface area contributed by atoms with E-state index in [-0.39, 0.29) is 5.89 Å². The number of aromatic nitrogens is 2. The highest BCUT2D eigenvalue weighted by Gasteiger charge is 2.12. The first kappa shape index (κ1) is 9.47. The molecule has 1 rings (SSSR count). The summed E-state index contributed by atoms with van der Waals surface area (Å²) in [5, 5.41) is 7.07. The maximum atomic E-state index is 10.5. The summed E-state index contributed by atoms with van der Waals surface area (Å²) in [5.74, 6) is 0.0221. The summed E-state index contributed by atoms with van der Waals surface area (Å²) in [4.78, 5) is 0. The molecule has 0 atom stereocenters. The van der Waals surface area contributed by atoms with Gasteiger partial charge >= 0.3 is 0 Å². The molecule has 7 heteroatoms. The molecule has 0 unspecified atom stereocenters. The second-order valence-electron chi connectivity index (χ2n) is 2.13. The molecule has 0 bridgehead atoms. The van der Waals surface area contributed by atoms with Gasteiger partial charge in [0.15, 0.2) is 0 Å². The van der Waals surface area contributed by atoms with Crippen molar-refractivity contribution in [3.63, 3.8) is 0 Å². The summed E-state index contributed by atoms with van der Waals surface area (Å²) in [6.07, 6.45) is 0.579. The highest BCUT2D eigenvalue weighted by Crippen LogP contribution is 2.08. The zero-order chi connectivity index (χ0) is 9.19. The fraction of sp³-hybridized carbons (Fsp3) is 0.600. The number of hydrogen-bond acceptors (Lipinski definition) is 5. The van der Waals surface area contributed by atoms with Gasteiger partial charge in [0.05, 0.1) is 0 Å². The Morgan fingerprint density at radius 3 is 2.42 bits per heavy atom. The van der Waals surface area contributed by atoms with Crippen molar-refractivity contribution in [1.82, 2.24) is 10.2 Å². The van der Waals surface area contributed by atoms with Crippen LogP contribution >= 0.6 is 10.7 Å². The van der Waals surface area contributed by atoms with Gasteiger partial charge in [-0.15, -0.1) is 10.2 Å². The first-order valence-electron chi connectivity index (χ1n) is 3.25. The number of hydrogen-bond donors (Lipinski definition) is 0. The first-order chi connectivity index (χ1) is 5.51. The smallest absolute Gasteiger partial charge is 0.241 e. The fourth-order valence-corrected chi connectivity index (χ4v) is 1.33. The minimum Gasteiger partial charge on any atom is -0.424 e. The molecule has 5 nitrogen and oxygen atoms in total. The Morgan fingerprint density at radius 2 is 2.00 bits per heavy atom. The Balaban J connectivity index is 2.78. The van der Waals surface area contributed by atoms with Gasteiger partial charge in [-0.2, -0.15) is 0 Å². The molecule has 0 saturated carbocycles. The second kappa shape index (κ2) is 3.40. The van der Waals surface area contributed by atoms with E-state index >= 15 is 0 Å². The molecule has 0 saturated heterocycles. The Bertz CT molecular complexity index is 359. The third-order valence-electron chi connectivity index (χ3n) is 1.11. The van der Waals surface area contributed by atoms with E-state index in [4.69, 9.17) is 15.1 Å². The van der Waals surface area contributed by atoms with Crippen molar-refractivity contribution in [3.05, 3.63) is 11.8 Å². The highest BCUT2D eigenvalue weighted by molar-refractivity contribution is 8.13. The number of halogens is 1. The molecule has 0 spiro atoms. The van der Waals surface area contributed by atoms with Crippen molar-refractivity contribution in [2.45, 2.75) is 19.1 Å². The summed E-state index contributed by atoms with van der Waals surface area (Å²) in [5.41, 5.74) is 0. The van der Waals surface area contributed by atoms with Gasteiger partial charge in [0.1, 0.15) is 5.75 Å². The predicted molar refractivity (Wildman–Crippen MR) is 42.2 cm³/mol. The highest BCUT2D eigenvalue weighted by atomic mass is 35.7. The number of rotatable bonds is 3. The van der Waals surface area contributed by atoms with Crippen molar-refractivity contribution < 1.29 is 12.8 Å². The van der Waals surface area contributed by atoms with Gasteiger partial charge in [-0.05, 0) is 0 Å². The van der Waals surface area contributed by atoms with Crippen LogP contribution in [0.3, 0.4) is 0 Å². The number of nitrogens with zero attached hydrogens (tertiary/aromatic N) is 2. The molecule has 0 aliphatic rings. The third-order valence-corrected chi connectivity index (χ3v) is 2.03. The predicted octanol–water partition coefficient (Wildman–Crippen LogP) is 0.701. The third kappa shape index (κ3) is 2.78. The van der Waals surface area contributed by atoms with Crippen LogP contribution in [0.2, 0.25) is 0 Å². The van der Waals surface area contributed by atoms with Crippen molar-refractivity contribution in [2.75, 3.05) is 0 Å². The van der Waals surface area contributed by atoms with E-state index in [1.54, 1.807) is 0 Å². The SMILES string of the molecule is CCc1nnc(CS(=O)(=O)Cl)o1. The quantitative estimate of drug-likeness (QED) is 0.687. The van der Waals surface area contributed by atoms with Gasteiger partial charge in [-0.3, -0.25) is 0 Å². The molecular weight excluding hydrogens is 204 g/mol. The van der Waals surface area contributed by atoms with Crippen molar-refractivity contribution in [2.24, 2.45) is 0 Å². The van der Waals surface area contributed by atoms with Gasteiger partial charge in [-0.25, -0.2) is 8.42 Å². The fourth-order valence-electron chi connectivity index (χ4n) is 0.637. The van der Waals surface area contributed by atoms with Crippen LogP contribution in [0.4, 0.5) is 0 Å². The van der Waals surface area contributed by atoms with E-state index in [0.717, 1.165) is 0 Å². The van der Waals surface area contributed by atoms with Crippen LogP contribution < -0.4 is 0 Å². The Kier molecular flexibility index (Phi) is 2.69. The van der Waals surface area contributed by atoms with Crippen LogP contribution in [0.5, 0.6) is 0 Å². The molecule has 0 N–H and O–H groups in total. The lowest BCUT2D eigenvalue weighted by molar-refractivity contribution is 0.466. The van der Waals surface area contributed by atoms with E-state index in [2.05, 4.69) is 10.2 Å². The van der Waals surface area contributed by atoms with Crippen LogP contribution in [-0.4, -0.2) is 18.6 Å². The molecule has 1 aromatic rings. The van der Waals surface area contributed by atoms with Gasteiger partial charge in [0, 0.05) is 17.1 Å². The summed E-state index contributed by atoms with van der Waals surface area (Å²) >= 11 is 0. The second-order valence-corrected chi connectivity index (χ2v) is 4.90. The molecule has 68 valence electrons. The van der Waals surface area contributed by atoms with E-state index in [1.165, 1.54) is 0 Å². The van der Waals surface area contributed by atoms with Crippen LogP contribution in [-0.2, 0) is 21.2 Å². The summed E-state index contributed by atoms with van der Waals surface area (Å²) in [6, 6.07) is 0. The average Bonchev–Trinajstić information content (AvgIpc) is 2.32. The normalized spacial score (nSPS) is 11.8. The minimum atomic E-state index is -3.60. The Labute approximate surface area is 74.2 Å². The zero-order valence-electron chi connectivity index (χ0n) is 6.32. The molecule has 1 aromatic heterocycles. The van der Waals surface area contributed by atoms with Crippen molar-refractivity contribution >= 4 is 19.7 Å². The van der Waals surface area contributed by atoms with Gasteiger partial charge < -0.3 is 4.42 Å². The van der Waals surface area contributed by atoms with Crippen LogP contribution in [0.1, 0.15) is 18.7 Å². The van der Waals surface area contributed by atoms with Crippen LogP contribution in [0, 0.1) is 0 Å². The lowest BCUT2D eigenvalue weighted by Gasteiger charge is -1.87. The molecule has 0 aromatic carbocycles. The molecule has 12 heavy (non-hydrogen) atoms. The monoisotopic (exact) mass is 210 g/mol. The molecule has 0 aliphatic heterocycles. The minimum absolute atomic E-state index is 0.0295. The van der Waals surface area contributed by atoms with E-state index in [1.807, 2.05) is 6.92 Å². The average molecular weight is 211 g/mol. The lowest BCUT2D eigenvalue weighted by atomic mass is 10.5. The maximum Gasteiger partial charge on any atom is 0.241 e. The largest absolute Gasteiger partial charge is 0.424 e. The summed E-state index contributed by atoms with van der Waals surface area (Å²) in [7, 11) is 1.37. The first-order valence-corrected chi connectivity index (χ1v) is 5.72. The Morgan fingerprint density at radius 1 is 1.42 bits per heavy atom. The standard InChI is InChI=1S/C5H7ClN2O3S/c1-2-4-7-8-5(11-4)3-12(6,9)10/h2-3H2,1H3. The lowest BCUT2D eigenvalue weighted by Crippen LogP contribution is -1.94. The molecule has 0 fully saturated rings. The molecule has 0 aliphatic carbocycles. The van der Waals surface area contributed by atoms with Crippen LogP contribution in [0.15, 0.2) is 4.42 Å². The Hall–Kier alpha value is -0.620. The van der Waals surface area contributed by atoms with E-state index < -0.39 is 14.8 Å². The molecule has 0 amide bonds. The van der Waals surface area contributed by atoms with Gasteiger partial charge in [0.25, 0.3) is 0 Å². The topological polar surface area (TPSA) is 73.1 Å². The van der Waals surface area contributed by atoms with Crippen molar-refractivity contribution in [1.29, 1.82) is 0 Å². The molecular formula is C5H7ClN2O3S. The summed E-state index contributed by atoms with van der Waals surface area (Å²) < 4.78 is 26.0. The maximum absolute atomic E-state index is 10.5.